The molecule has 0 atom stereocenters. The van der Waals surface area contributed by atoms with Crippen LogP contribution in [-0.4, -0.2) is 21.4 Å². The van der Waals surface area contributed by atoms with Gasteiger partial charge < -0.3 is 9.30 Å². The maximum atomic E-state index is 13.6. The van der Waals surface area contributed by atoms with E-state index in [2.05, 4.69) is 10.3 Å². The Kier molecular flexibility index (Phi) is 6.63. The second-order valence-electron chi connectivity index (χ2n) is 7.01. The van der Waals surface area contributed by atoms with Gasteiger partial charge in [0.1, 0.15) is 5.82 Å². The van der Waals surface area contributed by atoms with Crippen molar-refractivity contribution in [1.82, 2.24) is 9.55 Å². The number of amides is 1. The van der Waals surface area contributed by atoms with Gasteiger partial charge in [0, 0.05) is 23.7 Å². The van der Waals surface area contributed by atoms with Crippen molar-refractivity contribution in [2.45, 2.75) is 26.6 Å². The third-order valence-electron chi connectivity index (χ3n) is 4.24. The number of alkyl halides is 3. The molecule has 6 nitrogen and oxygen atoms in total. The van der Waals surface area contributed by atoms with Crippen molar-refractivity contribution in [3.63, 3.8) is 0 Å². The van der Waals surface area contributed by atoms with Crippen LogP contribution in [0.3, 0.4) is 0 Å². The minimum Gasteiger partial charge on any atom is -0.393 e. The number of ether oxygens (including phenoxy) is 1. The van der Waals surface area contributed by atoms with Crippen LogP contribution in [0.4, 0.5) is 31.9 Å². The molecular formula is C20H16F5N3O3S. The Morgan fingerprint density at radius 2 is 1.94 bits per heavy atom. The first-order chi connectivity index (χ1) is 14.9. The molecule has 0 aliphatic heterocycles. The van der Waals surface area contributed by atoms with Crippen molar-refractivity contribution in [2.75, 3.05) is 5.32 Å². The molecular weight excluding hydrogens is 457 g/mol. The molecule has 0 saturated heterocycles. The number of benzene rings is 1. The van der Waals surface area contributed by atoms with Crippen molar-refractivity contribution in [2.24, 2.45) is 5.92 Å². The van der Waals surface area contributed by atoms with E-state index in [9.17, 15) is 31.5 Å². The molecule has 0 saturated carbocycles. The summed E-state index contributed by atoms with van der Waals surface area (Å²) in [6, 6.07) is 3.74. The van der Waals surface area contributed by atoms with Gasteiger partial charge in [-0.25, -0.2) is 14.2 Å². The quantitative estimate of drug-likeness (QED) is 0.366. The van der Waals surface area contributed by atoms with Gasteiger partial charge in [-0.15, -0.1) is 0 Å². The highest BCUT2D eigenvalue weighted by Gasteiger charge is 2.34. The molecule has 3 rings (SSSR count). The number of ketones is 1. The summed E-state index contributed by atoms with van der Waals surface area (Å²) in [5, 5.41) is 1.50. The van der Waals surface area contributed by atoms with Crippen molar-refractivity contribution in [3.8, 4) is 5.88 Å². The summed E-state index contributed by atoms with van der Waals surface area (Å²) in [7, 11) is 0. The third kappa shape index (κ3) is 5.49. The van der Waals surface area contributed by atoms with Crippen LogP contribution in [-0.2, 0) is 12.7 Å². The van der Waals surface area contributed by atoms with E-state index in [1.165, 1.54) is 16.8 Å². The van der Waals surface area contributed by atoms with Crippen molar-refractivity contribution in [3.05, 3.63) is 64.3 Å². The van der Waals surface area contributed by atoms with E-state index >= 15 is 0 Å². The van der Waals surface area contributed by atoms with Crippen LogP contribution in [0.1, 0.15) is 35.3 Å². The largest absolute Gasteiger partial charge is 0.420 e. The van der Waals surface area contributed by atoms with Gasteiger partial charge in [0.15, 0.2) is 16.0 Å². The van der Waals surface area contributed by atoms with Crippen LogP contribution >= 0.6 is 11.3 Å². The number of rotatable bonds is 6. The zero-order chi connectivity index (χ0) is 23.6. The second kappa shape index (κ2) is 9.07. The predicted molar refractivity (Wildman–Crippen MR) is 106 cm³/mol. The number of carbonyl (C=O) groups excluding carboxylic acids is 2. The van der Waals surface area contributed by atoms with Crippen LogP contribution in [0, 0.1) is 16.9 Å². The number of anilines is 1. The smallest absolute Gasteiger partial charge is 0.393 e. The Balaban J connectivity index is 1.90. The molecule has 0 fully saturated rings. The molecule has 0 aliphatic carbocycles. The predicted octanol–water partition coefficient (Wildman–Crippen LogP) is 5.74. The summed E-state index contributed by atoms with van der Waals surface area (Å²) >= 11 is 0.560. The number of Topliss-reactive ketones (excluding diaryl/α,β-unsaturated/α-hetero) is 1. The highest BCUT2D eigenvalue weighted by atomic mass is 32.1. The Morgan fingerprint density at radius 3 is 2.53 bits per heavy atom. The maximum Gasteiger partial charge on any atom is 0.420 e. The molecule has 0 spiro atoms. The first-order valence-corrected chi connectivity index (χ1v) is 9.96. The second-order valence-corrected chi connectivity index (χ2v) is 7.99. The summed E-state index contributed by atoms with van der Waals surface area (Å²) in [6.07, 6.45) is -3.71. The normalized spacial score (nSPS) is 11.6. The van der Waals surface area contributed by atoms with Crippen LogP contribution < -0.4 is 10.1 Å². The van der Waals surface area contributed by atoms with Gasteiger partial charge in [0.25, 0.3) is 0 Å². The van der Waals surface area contributed by atoms with E-state index in [1.54, 1.807) is 13.8 Å². The summed E-state index contributed by atoms with van der Waals surface area (Å²) in [5.41, 5.74) is -1.21. The Labute approximate surface area is 182 Å². The third-order valence-corrected chi connectivity index (χ3v) is 4.94. The topological polar surface area (TPSA) is 73.2 Å². The fraction of sp³-hybridized carbons (Fsp3) is 0.250. The number of carbonyl (C=O) groups is 2. The van der Waals surface area contributed by atoms with Crippen molar-refractivity contribution < 1.29 is 36.3 Å². The summed E-state index contributed by atoms with van der Waals surface area (Å²) in [6.45, 7) is 3.06. The Morgan fingerprint density at radius 1 is 1.22 bits per heavy atom. The molecule has 1 aromatic carbocycles. The molecule has 0 radical (unpaired) electrons. The molecule has 12 heteroatoms. The molecule has 1 amide bonds. The summed E-state index contributed by atoms with van der Waals surface area (Å²) < 4.78 is 72.1. The van der Waals surface area contributed by atoms with Gasteiger partial charge in [-0.3, -0.25) is 10.1 Å². The van der Waals surface area contributed by atoms with E-state index in [1.807, 2.05) is 0 Å². The lowest BCUT2D eigenvalue weighted by atomic mass is 10.0. The zero-order valence-corrected chi connectivity index (χ0v) is 17.5. The van der Waals surface area contributed by atoms with Gasteiger partial charge in [-0.1, -0.05) is 31.3 Å². The van der Waals surface area contributed by atoms with E-state index in [0.29, 0.717) is 23.5 Å². The Bertz CT molecular complexity index is 1150. The fourth-order valence-corrected chi connectivity index (χ4v) is 3.30. The first kappa shape index (κ1) is 23.4. The molecule has 2 heterocycles. The van der Waals surface area contributed by atoms with Gasteiger partial charge in [0.05, 0.1) is 18.3 Å². The zero-order valence-electron chi connectivity index (χ0n) is 16.7. The fourth-order valence-electron chi connectivity index (χ4n) is 2.77. The van der Waals surface area contributed by atoms with Crippen LogP contribution in [0.2, 0.25) is 0 Å². The van der Waals surface area contributed by atoms with E-state index in [4.69, 9.17) is 4.74 Å². The Hall–Kier alpha value is -3.28. The van der Waals surface area contributed by atoms with Gasteiger partial charge in [-0.05, 0) is 17.7 Å². The number of nitrogens with one attached hydrogen (secondary N) is 1. The van der Waals surface area contributed by atoms with Crippen molar-refractivity contribution >= 4 is 28.3 Å². The standard InChI is InChI=1S/C20H16F5N3O3S/c1-10(2)17(29)12-6-16(31-19(30)27-18-26-7-15(22)32-18)28(9-12)8-11-3-4-14(21)13(5-11)20(23,24)25/h3-7,9-10H,8H2,1-2H3,(H,26,27,30). The van der Waals surface area contributed by atoms with Crippen LogP contribution in [0.15, 0.2) is 36.7 Å². The minimum absolute atomic E-state index is 0.0603. The molecule has 0 bridgehead atoms. The van der Waals surface area contributed by atoms with Gasteiger partial charge in [0.2, 0.25) is 5.88 Å². The number of nitrogens with zero attached hydrogens (tertiary/aromatic N) is 2. The number of hydrogen-bond acceptors (Lipinski definition) is 5. The number of hydrogen-bond donors (Lipinski definition) is 1. The first-order valence-electron chi connectivity index (χ1n) is 9.14. The molecule has 0 unspecified atom stereocenters. The lowest BCUT2D eigenvalue weighted by Crippen LogP contribution is -2.18. The average molecular weight is 473 g/mol. The number of thiazole rings is 1. The monoisotopic (exact) mass is 473 g/mol. The van der Waals surface area contributed by atoms with Gasteiger partial charge >= 0.3 is 12.3 Å². The van der Waals surface area contributed by atoms with Gasteiger partial charge in [-0.2, -0.15) is 17.6 Å². The molecule has 1 N–H and O–H groups in total. The SMILES string of the molecule is CC(C)C(=O)c1cc(OC(=O)Nc2ncc(F)s2)n(Cc2ccc(F)c(C(F)(F)F)c2)c1. The van der Waals surface area contributed by atoms with Crippen LogP contribution in [0.25, 0.3) is 0 Å². The molecule has 3 aromatic rings. The average Bonchev–Trinajstić information content (AvgIpc) is 3.27. The summed E-state index contributed by atoms with van der Waals surface area (Å²) in [4.78, 5) is 28.1. The molecule has 0 aliphatic rings. The van der Waals surface area contributed by atoms with Crippen LogP contribution in [0.5, 0.6) is 5.88 Å². The highest BCUT2D eigenvalue weighted by molar-refractivity contribution is 7.14. The van der Waals surface area contributed by atoms with E-state index in [0.717, 1.165) is 12.3 Å². The van der Waals surface area contributed by atoms with E-state index < -0.39 is 34.7 Å². The lowest BCUT2D eigenvalue weighted by Gasteiger charge is -2.12. The lowest BCUT2D eigenvalue weighted by molar-refractivity contribution is -0.140. The van der Waals surface area contributed by atoms with Crippen molar-refractivity contribution in [1.29, 1.82) is 0 Å². The number of aromatic nitrogens is 2. The maximum absolute atomic E-state index is 13.6. The molecule has 32 heavy (non-hydrogen) atoms. The summed E-state index contributed by atoms with van der Waals surface area (Å²) in [5.74, 6) is -2.25. The molecule has 2 aromatic heterocycles. The number of halogens is 5. The van der Waals surface area contributed by atoms with E-state index in [-0.39, 0.29) is 34.5 Å². The highest BCUT2D eigenvalue weighted by Crippen LogP contribution is 2.32. The minimum atomic E-state index is -4.89. The molecule has 170 valence electrons.